The number of amidine groups is 1. The van der Waals surface area contributed by atoms with Crippen LogP contribution in [0.15, 0.2) is 59.2 Å². The molecule has 1 aliphatic heterocycles. The molecule has 1 N–H and O–H groups in total. The molecule has 1 aliphatic rings. The van der Waals surface area contributed by atoms with Crippen molar-refractivity contribution in [2.24, 2.45) is 4.99 Å². The van der Waals surface area contributed by atoms with Gasteiger partial charge in [-0.3, -0.25) is 4.79 Å². The number of carbonyl (C=O) groups is 1. The summed E-state index contributed by atoms with van der Waals surface area (Å²) in [6, 6.07) is 13.0. The molecule has 0 spiro atoms. The highest BCUT2D eigenvalue weighted by Crippen LogP contribution is 2.17. The second kappa shape index (κ2) is 5.50. The number of benzene rings is 2. The molecule has 0 atom stereocenters. The molecule has 0 unspecified atom stereocenters. The van der Waals surface area contributed by atoms with Crippen molar-refractivity contribution in [2.45, 2.75) is 0 Å². The molecule has 5 heteroatoms. The van der Waals surface area contributed by atoms with Crippen molar-refractivity contribution in [3.63, 3.8) is 0 Å². The van der Waals surface area contributed by atoms with Crippen LogP contribution in [0.2, 0.25) is 5.02 Å². The lowest BCUT2D eigenvalue weighted by Gasteiger charge is -1.99. The smallest absolute Gasteiger partial charge is 0.275 e. The first-order valence-electron chi connectivity index (χ1n) is 6.25. The maximum Gasteiger partial charge on any atom is 0.275 e. The molecule has 0 saturated carbocycles. The molecule has 3 nitrogen and oxygen atoms in total. The van der Waals surface area contributed by atoms with Crippen molar-refractivity contribution in [3.05, 3.63) is 76.2 Å². The van der Waals surface area contributed by atoms with Gasteiger partial charge in [0.15, 0.2) is 0 Å². The number of amides is 1. The Labute approximate surface area is 125 Å². The first-order chi connectivity index (χ1) is 10.1. The number of halogens is 2. The molecule has 0 bridgehead atoms. The van der Waals surface area contributed by atoms with Gasteiger partial charge in [0.25, 0.3) is 5.91 Å². The summed E-state index contributed by atoms with van der Waals surface area (Å²) in [7, 11) is 0. The van der Waals surface area contributed by atoms with E-state index in [2.05, 4.69) is 10.3 Å². The average molecular weight is 301 g/mol. The lowest BCUT2D eigenvalue weighted by Crippen LogP contribution is -2.24. The van der Waals surface area contributed by atoms with Gasteiger partial charge in [-0.1, -0.05) is 35.9 Å². The van der Waals surface area contributed by atoms with Crippen LogP contribution in [0.25, 0.3) is 6.08 Å². The highest BCUT2D eigenvalue weighted by atomic mass is 35.5. The van der Waals surface area contributed by atoms with Crippen molar-refractivity contribution in [3.8, 4) is 0 Å². The number of hydrogen-bond acceptors (Lipinski definition) is 2. The van der Waals surface area contributed by atoms with E-state index in [4.69, 9.17) is 11.6 Å². The minimum atomic E-state index is -0.375. The zero-order valence-electron chi connectivity index (χ0n) is 10.8. The molecule has 1 heterocycles. The third-order valence-corrected chi connectivity index (χ3v) is 3.22. The largest absolute Gasteiger partial charge is 0.305 e. The van der Waals surface area contributed by atoms with Gasteiger partial charge in [0.05, 0.1) is 0 Å². The van der Waals surface area contributed by atoms with Crippen molar-refractivity contribution in [1.82, 2.24) is 5.32 Å². The monoisotopic (exact) mass is 300 g/mol. The van der Waals surface area contributed by atoms with Crippen molar-refractivity contribution < 1.29 is 9.18 Å². The van der Waals surface area contributed by atoms with E-state index in [9.17, 15) is 9.18 Å². The first-order valence-corrected chi connectivity index (χ1v) is 6.63. The van der Waals surface area contributed by atoms with E-state index >= 15 is 0 Å². The second-order valence-electron chi connectivity index (χ2n) is 4.51. The average Bonchev–Trinajstić information content (AvgIpc) is 2.83. The number of nitrogens with zero attached hydrogens (tertiary/aromatic N) is 1. The standard InChI is InChI=1S/C16H10ClFN2O/c17-12-6-4-10(5-7-12)8-14-16(21)20-15(19-14)11-2-1-3-13(18)9-11/h1-9H,(H,19,20,21)/b14-8+. The van der Waals surface area contributed by atoms with Gasteiger partial charge in [-0.05, 0) is 35.9 Å². The zero-order valence-corrected chi connectivity index (χ0v) is 11.6. The molecule has 1 amide bonds. The Bertz CT molecular complexity index is 766. The Morgan fingerprint density at radius 3 is 2.62 bits per heavy atom. The normalized spacial score (nSPS) is 16.0. The van der Waals surface area contributed by atoms with E-state index in [0.717, 1.165) is 5.56 Å². The van der Waals surface area contributed by atoms with E-state index in [1.165, 1.54) is 12.1 Å². The fourth-order valence-corrected chi connectivity index (χ4v) is 2.08. The van der Waals surface area contributed by atoms with Crippen LogP contribution in [-0.2, 0) is 4.79 Å². The van der Waals surface area contributed by atoms with Gasteiger partial charge in [0, 0.05) is 10.6 Å². The third kappa shape index (κ3) is 3.01. The molecule has 3 rings (SSSR count). The van der Waals surface area contributed by atoms with Crippen LogP contribution in [0, 0.1) is 5.82 Å². The van der Waals surface area contributed by atoms with E-state index in [-0.39, 0.29) is 17.4 Å². The topological polar surface area (TPSA) is 41.5 Å². The van der Waals surface area contributed by atoms with Gasteiger partial charge in [0.2, 0.25) is 0 Å². The molecule has 104 valence electrons. The van der Waals surface area contributed by atoms with Crippen molar-refractivity contribution >= 4 is 29.4 Å². The van der Waals surface area contributed by atoms with Crippen LogP contribution in [0.5, 0.6) is 0 Å². The quantitative estimate of drug-likeness (QED) is 0.849. The summed E-state index contributed by atoms with van der Waals surface area (Å²) >= 11 is 5.81. The van der Waals surface area contributed by atoms with Gasteiger partial charge < -0.3 is 5.32 Å². The Morgan fingerprint density at radius 1 is 1.14 bits per heavy atom. The molecule has 0 fully saturated rings. The lowest BCUT2D eigenvalue weighted by molar-refractivity contribution is -0.115. The molecule has 0 radical (unpaired) electrons. The molecule has 0 saturated heterocycles. The predicted molar refractivity (Wildman–Crippen MR) is 80.5 cm³/mol. The van der Waals surface area contributed by atoms with Crippen molar-refractivity contribution in [1.29, 1.82) is 0 Å². The van der Waals surface area contributed by atoms with Gasteiger partial charge in [-0.15, -0.1) is 0 Å². The summed E-state index contributed by atoms with van der Waals surface area (Å²) in [5, 5.41) is 3.25. The number of carbonyl (C=O) groups excluding carboxylic acids is 1. The predicted octanol–water partition coefficient (Wildman–Crippen LogP) is 3.40. The summed E-state index contributed by atoms with van der Waals surface area (Å²) in [4.78, 5) is 16.1. The van der Waals surface area contributed by atoms with E-state index < -0.39 is 0 Å². The summed E-state index contributed by atoms with van der Waals surface area (Å²) < 4.78 is 13.2. The van der Waals surface area contributed by atoms with Gasteiger partial charge in [-0.25, -0.2) is 9.38 Å². The Morgan fingerprint density at radius 2 is 1.90 bits per heavy atom. The van der Waals surface area contributed by atoms with Gasteiger partial charge in [0.1, 0.15) is 17.3 Å². The summed E-state index contributed by atoms with van der Waals surface area (Å²) in [5.74, 6) is -0.344. The minimum Gasteiger partial charge on any atom is -0.305 e. The van der Waals surface area contributed by atoms with Crippen molar-refractivity contribution in [2.75, 3.05) is 0 Å². The second-order valence-corrected chi connectivity index (χ2v) is 4.94. The number of nitrogens with one attached hydrogen (secondary N) is 1. The van der Waals surface area contributed by atoms with E-state index in [1.54, 1.807) is 42.5 Å². The Kier molecular flexibility index (Phi) is 3.54. The van der Waals surface area contributed by atoms with Crippen LogP contribution >= 0.6 is 11.6 Å². The molecular weight excluding hydrogens is 291 g/mol. The third-order valence-electron chi connectivity index (χ3n) is 2.97. The molecule has 2 aromatic rings. The fraction of sp³-hybridized carbons (Fsp3) is 0. The van der Waals surface area contributed by atoms with Crippen LogP contribution in [0.3, 0.4) is 0 Å². The van der Waals surface area contributed by atoms with Crippen LogP contribution in [-0.4, -0.2) is 11.7 Å². The molecule has 0 aliphatic carbocycles. The fourth-order valence-electron chi connectivity index (χ4n) is 1.96. The minimum absolute atomic E-state index is 0.275. The highest BCUT2D eigenvalue weighted by Gasteiger charge is 2.21. The van der Waals surface area contributed by atoms with Gasteiger partial charge >= 0.3 is 0 Å². The van der Waals surface area contributed by atoms with Crippen LogP contribution in [0.1, 0.15) is 11.1 Å². The number of hydrogen-bond donors (Lipinski definition) is 1. The number of rotatable bonds is 2. The summed E-state index contributed by atoms with van der Waals surface area (Å²) in [5.41, 5.74) is 1.62. The maximum absolute atomic E-state index is 13.2. The summed E-state index contributed by atoms with van der Waals surface area (Å²) in [6.07, 6.45) is 1.65. The molecule has 0 aromatic heterocycles. The Balaban J connectivity index is 1.93. The Hall–Kier alpha value is -2.46. The van der Waals surface area contributed by atoms with Gasteiger partial charge in [-0.2, -0.15) is 0 Å². The van der Waals surface area contributed by atoms with Crippen LogP contribution in [0.4, 0.5) is 4.39 Å². The molecule has 21 heavy (non-hydrogen) atoms. The lowest BCUT2D eigenvalue weighted by atomic mass is 10.2. The highest BCUT2D eigenvalue weighted by molar-refractivity contribution is 6.30. The molecule has 2 aromatic carbocycles. The number of aliphatic imine (C=N–C) groups is 1. The maximum atomic E-state index is 13.2. The van der Waals surface area contributed by atoms with E-state index in [0.29, 0.717) is 16.4 Å². The van der Waals surface area contributed by atoms with E-state index in [1.807, 2.05) is 0 Å². The SMILES string of the molecule is O=C1NC(c2cccc(F)c2)=N/C1=C/c1ccc(Cl)cc1. The molecular formula is C16H10ClFN2O. The van der Waals surface area contributed by atoms with Crippen LogP contribution < -0.4 is 5.32 Å². The summed E-state index contributed by atoms with van der Waals surface area (Å²) in [6.45, 7) is 0. The zero-order chi connectivity index (χ0) is 14.8. The first kappa shape index (κ1) is 13.5.